The van der Waals surface area contributed by atoms with E-state index in [0.29, 0.717) is 13.0 Å². The zero-order valence-electron chi connectivity index (χ0n) is 12.7. The van der Waals surface area contributed by atoms with Crippen molar-refractivity contribution in [3.05, 3.63) is 24.3 Å². The van der Waals surface area contributed by atoms with E-state index in [1.807, 2.05) is 31.2 Å². The molecule has 0 spiro atoms. The molecule has 1 amide bonds. The first-order chi connectivity index (χ1) is 9.49. The van der Waals surface area contributed by atoms with Crippen LogP contribution in [0.5, 0.6) is 5.75 Å². The summed E-state index contributed by atoms with van der Waals surface area (Å²) in [5, 5.41) is 2.85. The second-order valence-electron chi connectivity index (χ2n) is 5.35. The normalized spacial score (nSPS) is 13.6. The van der Waals surface area contributed by atoms with Crippen LogP contribution in [0.1, 0.15) is 46.5 Å². The molecule has 112 valence electrons. The summed E-state index contributed by atoms with van der Waals surface area (Å²) in [6.45, 7) is 6.59. The van der Waals surface area contributed by atoms with Crippen molar-refractivity contribution in [1.82, 2.24) is 0 Å². The van der Waals surface area contributed by atoms with Gasteiger partial charge in [-0.15, -0.1) is 0 Å². The summed E-state index contributed by atoms with van der Waals surface area (Å²) in [6, 6.07) is 7.42. The van der Waals surface area contributed by atoms with Gasteiger partial charge in [0.25, 0.3) is 0 Å². The lowest BCUT2D eigenvalue weighted by molar-refractivity contribution is -0.120. The SMILES string of the molecule is CCCCOc1cccc(NC(=O)C(C)(N)CCC)c1. The lowest BCUT2D eigenvalue weighted by Gasteiger charge is -2.23. The average Bonchev–Trinajstić information content (AvgIpc) is 2.39. The maximum atomic E-state index is 12.1. The third-order valence-corrected chi connectivity index (χ3v) is 3.15. The quantitative estimate of drug-likeness (QED) is 0.717. The third-order valence-electron chi connectivity index (χ3n) is 3.15. The Morgan fingerprint density at radius 2 is 2.10 bits per heavy atom. The van der Waals surface area contributed by atoms with Crippen LogP contribution in [0.4, 0.5) is 5.69 Å². The van der Waals surface area contributed by atoms with Crippen molar-refractivity contribution in [3.8, 4) is 5.75 Å². The fraction of sp³-hybridized carbons (Fsp3) is 0.562. The van der Waals surface area contributed by atoms with E-state index in [1.165, 1.54) is 0 Å². The molecule has 1 aromatic carbocycles. The van der Waals surface area contributed by atoms with Gasteiger partial charge >= 0.3 is 0 Å². The minimum absolute atomic E-state index is 0.162. The van der Waals surface area contributed by atoms with E-state index in [0.717, 1.165) is 30.7 Å². The lowest BCUT2D eigenvalue weighted by Crippen LogP contribution is -2.48. The highest BCUT2D eigenvalue weighted by molar-refractivity contribution is 5.97. The van der Waals surface area contributed by atoms with E-state index in [2.05, 4.69) is 12.2 Å². The van der Waals surface area contributed by atoms with Gasteiger partial charge in [-0.1, -0.05) is 32.8 Å². The van der Waals surface area contributed by atoms with Crippen LogP contribution in [0.25, 0.3) is 0 Å². The summed E-state index contributed by atoms with van der Waals surface area (Å²) in [6.07, 6.45) is 3.65. The Morgan fingerprint density at radius 3 is 2.75 bits per heavy atom. The van der Waals surface area contributed by atoms with Gasteiger partial charge in [0, 0.05) is 11.8 Å². The van der Waals surface area contributed by atoms with E-state index >= 15 is 0 Å². The number of hydrogen-bond acceptors (Lipinski definition) is 3. The molecule has 4 heteroatoms. The molecule has 0 saturated heterocycles. The Morgan fingerprint density at radius 1 is 1.35 bits per heavy atom. The third kappa shape index (κ3) is 5.21. The van der Waals surface area contributed by atoms with Crippen LogP contribution in [0.15, 0.2) is 24.3 Å². The number of nitrogens with one attached hydrogen (secondary N) is 1. The molecule has 0 fully saturated rings. The van der Waals surface area contributed by atoms with Gasteiger partial charge in [0.2, 0.25) is 5.91 Å². The number of ether oxygens (including phenoxy) is 1. The van der Waals surface area contributed by atoms with E-state index in [9.17, 15) is 4.79 Å². The Hall–Kier alpha value is -1.55. The highest BCUT2D eigenvalue weighted by Gasteiger charge is 2.27. The van der Waals surface area contributed by atoms with Crippen molar-refractivity contribution in [2.24, 2.45) is 5.73 Å². The number of benzene rings is 1. The summed E-state index contributed by atoms with van der Waals surface area (Å²) in [5.41, 5.74) is 5.89. The Balaban J connectivity index is 2.63. The van der Waals surface area contributed by atoms with Crippen LogP contribution in [-0.4, -0.2) is 18.1 Å². The molecule has 4 nitrogen and oxygen atoms in total. The summed E-state index contributed by atoms with van der Waals surface area (Å²) < 4.78 is 5.62. The van der Waals surface area contributed by atoms with Crippen molar-refractivity contribution in [2.45, 2.75) is 52.0 Å². The predicted octanol–water partition coefficient (Wildman–Crippen LogP) is 3.32. The number of hydrogen-bond donors (Lipinski definition) is 2. The summed E-state index contributed by atoms with van der Waals surface area (Å²) >= 11 is 0. The molecule has 1 aromatic rings. The summed E-state index contributed by atoms with van der Waals surface area (Å²) in [5.74, 6) is 0.607. The molecule has 0 heterocycles. The van der Waals surface area contributed by atoms with Crippen molar-refractivity contribution in [1.29, 1.82) is 0 Å². The summed E-state index contributed by atoms with van der Waals surface area (Å²) in [7, 11) is 0. The Labute approximate surface area is 121 Å². The van der Waals surface area contributed by atoms with Gasteiger partial charge in [-0.05, 0) is 31.9 Å². The van der Waals surface area contributed by atoms with Crippen LogP contribution in [0, 0.1) is 0 Å². The Bertz CT molecular complexity index is 430. The van der Waals surface area contributed by atoms with Gasteiger partial charge in [-0.25, -0.2) is 0 Å². The lowest BCUT2D eigenvalue weighted by atomic mass is 9.96. The van der Waals surface area contributed by atoms with Gasteiger partial charge in [0.05, 0.1) is 12.1 Å². The van der Waals surface area contributed by atoms with Crippen molar-refractivity contribution in [2.75, 3.05) is 11.9 Å². The zero-order valence-corrected chi connectivity index (χ0v) is 12.7. The maximum Gasteiger partial charge on any atom is 0.244 e. The fourth-order valence-electron chi connectivity index (χ4n) is 1.90. The molecular weight excluding hydrogens is 252 g/mol. The first-order valence-electron chi connectivity index (χ1n) is 7.32. The molecule has 3 N–H and O–H groups in total. The second-order valence-corrected chi connectivity index (χ2v) is 5.35. The topological polar surface area (TPSA) is 64.3 Å². The minimum Gasteiger partial charge on any atom is -0.494 e. The number of anilines is 1. The molecule has 0 aromatic heterocycles. The smallest absolute Gasteiger partial charge is 0.244 e. The largest absolute Gasteiger partial charge is 0.494 e. The Kier molecular flexibility index (Phi) is 6.52. The standard InChI is InChI=1S/C16H26N2O2/c1-4-6-11-20-14-9-7-8-13(12-14)18-15(19)16(3,17)10-5-2/h7-9,12H,4-6,10-11,17H2,1-3H3,(H,18,19). The van der Waals surface area contributed by atoms with Gasteiger partial charge < -0.3 is 15.8 Å². The van der Waals surface area contributed by atoms with E-state index < -0.39 is 5.54 Å². The van der Waals surface area contributed by atoms with Gasteiger partial charge in [0.15, 0.2) is 0 Å². The molecule has 1 atom stereocenters. The first kappa shape index (κ1) is 16.5. The maximum absolute atomic E-state index is 12.1. The number of nitrogens with two attached hydrogens (primary N) is 1. The van der Waals surface area contributed by atoms with Gasteiger partial charge in [-0.3, -0.25) is 4.79 Å². The van der Waals surface area contributed by atoms with Gasteiger partial charge in [-0.2, -0.15) is 0 Å². The number of carbonyl (C=O) groups excluding carboxylic acids is 1. The molecule has 0 saturated carbocycles. The van der Waals surface area contributed by atoms with Crippen LogP contribution in [-0.2, 0) is 4.79 Å². The summed E-state index contributed by atoms with van der Waals surface area (Å²) in [4.78, 5) is 12.1. The van der Waals surface area contributed by atoms with Crippen LogP contribution in [0.3, 0.4) is 0 Å². The van der Waals surface area contributed by atoms with Gasteiger partial charge in [0.1, 0.15) is 5.75 Å². The zero-order chi connectivity index (χ0) is 15.0. The monoisotopic (exact) mass is 278 g/mol. The van der Waals surface area contributed by atoms with E-state index in [4.69, 9.17) is 10.5 Å². The molecular formula is C16H26N2O2. The molecule has 1 rings (SSSR count). The first-order valence-corrected chi connectivity index (χ1v) is 7.32. The van der Waals surface area contributed by atoms with Crippen molar-refractivity contribution >= 4 is 11.6 Å². The molecule has 0 aliphatic rings. The minimum atomic E-state index is -0.839. The molecule has 0 bridgehead atoms. The van der Waals surface area contributed by atoms with E-state index in [-0.39, 0.29) is 5.91 Å². The number of unbranched alkanes of at least 4 members (excludes halogenated alkanes) is 1. The molecule has 0 radical (unpaired) electrons. The number of rotatable bonds is 8. The van der Waals surface area contributed by atoms with E-state index in [1.54, 1.807) is 6.92 Å². The van der Waals surface area contributed by atoms with Crippen LogP contribution < -0.4 is 15.8 Å². The van der Waals surface area contributed by atoms with Crippen LogP contribution in [0.2, 0.25) is 0 Å². The predicted molar refractivity (Wildman–Crippen MR) is 83.0 cm³/mol. The molecule has 1 unspecified atom stereocenters. The molecule has 20 heavy (non-hydrogen) atoms. The number of carbonyl (C=O) groups is 1. The van der Waals surface area contributed by atoms with Crippen molar-refractivity contribution < 1.29 is 9.53 Å². The van der Waals surface area contributed by atoms with Crippen molar-refractivity contribution in [3.63, 3.8) is 0 Å². The van der Waals surface area contributed by atoms with Crippen LogP contribution >= 0.6 is 0 Å². The average molecular weight is 278 g/mol. The fourth-order valence-corrected chi connectivity index (χ4v) is 1.90. The highest BCUT2D eigenvalue weighted by atomic mass is 16.5. The highest BCUT2D eigenvalue weighted by Crippen LogP contribution is 2.19. The second kappa shape index (κ2) is 7.90. The molecule has 0 aliphatic heterocycles. The number of amides is 1. The molecule has 0 aliphatic carbocycles.